The van der Waals surface area contributed by atoms with Crippen LogP contribution in [-0.2, 0) is 9.53 Å². The summed E-state index contributed by atoms with van der Waals surface area (Å²) in [7, 11) is 0. The molecule has 17 heavy (non-hydrogen) atoms. The van der Waals surface area contributed by atoms with Crippen molar-refractivity contribution in [2.45, 2.75) is 6.04 Å². The van der Waals surface area contributed by atoms with Crippen molar-refractivity contribution in [3.63, 3.8) is 0 Å². The molecule has 1 atom stereocenters. The summed E-state index contributed by atoms with van der Waals surface area (Å²) in [5, 5.41) is 5.75. The standard InChI is InChI=1S/C10H8Cl2N2O3/c11-5-1-2-7(6(12)3-5)13-9(15)8-4-17-10(16)14-8/h1-3,8H,4H2,(H,13,15)(H,14,16). The molecule has 1 aromatic carbocycles. The third-order valence-electron chi connectivity index (χ3n) is 2.18. The van der Waals surface area contributed by atoms with Crippen LogP contribution < -0.4 is 10.6 Å². The largest absolute Gasteiger partial charge is 0.447 e. The summed E-state index contributed by atoms with van der Waals surface area (Å²) in [4.78, 5) is 22.5. The van der Waals surface area contributed by atoms with Gasteiger partial charge in [-0.1, -0.05) is 23.2 Å². The van der Waals surface area contributed by atoms with Crippen molar-refractivity contribution in [2.24, 2.45) is 0 Å². The maximum Gasteiger partial charge on any atom is 0.407 e. The highest BCUT2D eigenvalue weighted by molar-refractivity contribution is 6.36. The summed E-state index contributed by atoms with van der Waals surface area (Å²) in [5.74, 6) is -0.389. The monoisotopic (exact) mass is 274 g/mol. The Morgan fingerprint density at radius 1 is 1.47 bits per heavy atom. The summed E-state index contributed by atoms with van der Waals surface area (Å²) in [6.45, 7) is 0.00980. The minimum Gasteiger partial charge on any atom is -0.447 e. The van der Waals surface area contributed by atoms with E-state index in [1.54, 1.807) is 12.1 Å². The molecule has 0 saturated carbocycles. The molecule has 90 valence electrons. The first-order valence-corrected chi connectivity index (χ1v) is 5.51. The lowest BCUT2D eigenvalue weighted by Gasteiger charge is -2.10. The lowest BCUT2D eigenvalue weighted by Crippen LogP contribution is -2.38. The number of hydrogen-bond acceptors (Lipinski definition) is 3. The molecule has 5 nitrogen and oxygen atoms in total. The summed E-state index contributed by atoms with van der Waals surface area (Å²) in [5.41, 5.74) is 0.433. The van der Waals surface area contributed by atoms with Crippen molar-refractivity contribution < 1.29 is 14.3 Å². The van der Waals surface area contributed by atoms with Gasteiger partial charge < -0.3 is 15.4 Å². The van der Waals surface area contributed by atoms with Crippen molar-refractivity contribution in [1.29, 1.82) is 0 Å². The number of amides is 2. The topological polar surface area (TPSA) is 67.4 Å². The van der Waals surface area contributed by atoms with E-state index >= 15 is 0 Å². The van der Waals surface area contributed by atoms with Crippen molar-refractivity contribution in [2.75, 3.05) is 11.9 Å². The molecule has 1 aliphatic heterocycles. The Morgan fingerprint density at radius 3 is 2.82 bits per heavy atom. The predicted molar refractivity (Wildman–Crippen MR) is 63.4 cm³/mol. The van der Waals surface area contributed by atoms with Gasteiger partial charge >= 0.3 is 6.09 Å². The van der Waals surface area contributed by atoms with E-state index in [-0.39, 0.29) is 12.5 Å². The molecule has 0 aliphatic carbocycles. The second-order valence-electron chi connectivity index (χ2n) is 3.41. The molecule has 2 N–H and O–H groups in total. The zero-order valence-corrected chi connectivity index (χ0v) is 10.0. The highest BCUT2D eigenvalue weighted by Crippen LogP contribution is 2.25. The van der Waals surface area contributed by atoms with Gasteiger partial charge in [0, 0.05) is 5.02 Å². The molecule has 0 aromatic heterocycles. The Bertz CT molecular complexity index is 479. The number of nitrogens with one attached hydrogen (secondary N) is 2. The van der Waals surface area contributed by atoms with Gasteiger partial charge in [-0.05, 0) is 18.2 Å². The van der Waals surface area contributed by atoms with Crippen LogP contribution in [0.5, 0.6) is 0 Å². The third-order valence-corrected chi connectivity index (χ3v) is 2.73. The Labute approximate surface area is 107 Å². The SMILES string of the molecule is O=C1NC(C(=O)Nc2ccc(Cl)cc2Cl)CO1. The van der Waals surface area contributed by atoms with E-state index in [0.29, 0.717) is 15.7 Å². The number of hydrogen-bond donors (Lipinski definition) is 2. The maximum absolute atomic E-state index is 11.7. The summed E-state index contributed by atoms with van der Waals surface area (Å²) in [6.07, 6.45) is -0.604. The fourth-order valence-electron chi connectivity index (χ4n) is 1.34. The van der Waals surface area contributed by atoms with E-state index in [0.717, 1.165) is 0 Å². The van der Waals surface area contributed by atoms with Gasteiger partial charge in [-0.25, -0.2) is 4.79 Å². The number of anilines is 1. The highest BCUT2D eigenvalue weighted by Gasteiger charge is 2.29. The molecule has 2 rings (SSSR count). The third kappa shape index (κ3) is 2.81. The molecule has 1 heterocycles. The average Bonchev–Trinajstić information content (AvgIpc) is 2.69. The molecular weight excluding hydrogens is 267 g/mol. The van der Waals surface area contributed by atoms with Gasteiger partial charge in [0.2, 0.25) is 0 Å². The van der Waals surface area contributed by atoms with Crippen LogP contribution in [0.15, 0.2) is 18.2 Å². The number of carbonyl (C=O) groups excluding carboxylic acids is 2. The maximum atomic E-state index is 11.7. The summed E-state index contributed by atoms with van der Waals surface area (Å²) in [6, 6.07) is 4.00. The Kier molecular flexibility index (Phi) is 3.40. The number of alkyl carbamates (subject to hydrolysis) is 1. The Balaban J connectivity index is 2.05. The van der Waals surface area contributed by atoms with Crippen LogP contribution in [0.2, 0.25) is 10.0 Å². The fourth-order valence-corrected chi connectivity index (χ4v) is 1.79. The molecular formula is C10H8Cl2N2O3. The van der Waals surface area contributed by atoms with Crippen LogP contribution in [-0.4, -0.2) is 24.6 Å². The van der Waals surface area contributed by atoms with Crippen molar-refractivity contribution in [3.05, 3.63) is 28.2 Å². The van der Waals surface area contributed by atoms with Crippen LogP contribution in [0, 0.1) is 0 Å². The van der Waals surface area contributed by atoms with Crippen molar-refractivity contribution >= 4 is 40.9 Å². The van der Waals surface area contributed by atoms with E-state index in [1.165, 1.54) is 6.07 Å². The van der Waals surface area contributed by atoms with Crippen LogP contribution in [0.3, 0.4) is 0 Å². The van der Waals surface area contributed by atoms with E-state index in [9.17, 15) is 9.59 Å². The van der Waals surface area contributed by atoms with Gasteiger partial charge in [0.1, 0.15) is 12.6 Å². The summed E-state index contributed by atoms with van der Waals surface area (Å²) >= 11 is 11.6. The van der Waals surface area contributed by atoms with E-state index in [1.807, 2.05) is 0 Å². The zero-order valence-electron chi connectivity index (χ0n) is 8.50. The molecule has 1 fully saturated rings. The van der Waals surface area contributed by atoms with Gasteiger partial charge in [-0.3, -0.25) is 4.79 Å². The van der Waals surface area contributed by atoms with Gasteiger partial charge in [0.15, 0.2) is 0 Å². The number of carbonyl (C=O) groups is 2. The zero-order chi connectivity index (χ0) is 12.4. The predicted octanol–water partition coefficient (Wildman–Crippen LogP) is 2.04. The molecule has 1 saturated heterocycles. The first-order chi connectivity index (χ1) is 8.06. The molecule has 2 amide bonds. The first kappa shape index (κ1) is 12.0. The van der Waals surface area contributed by atoms with Crippen molar-refractivity contribution in [3.8, 4) is 0 Å². The summed E-state index contributed by atoms with van der Waals surface area (Å²) < 4.78 is 4.61. The van der Waals surface area contributed by atoms with Crippen LogP contribution >= 0.6 is 23.2 Å². The number of ether oxygens (including phenoxy) is 1. The van der Waals surface area contributed by atoms with Crippen LogP contribution in [0.1, 0.15) is 0 Å². The smallest absolute Gasteiger partial charge is 0.407 e. The number of halogens is 2. The van der Waals surface area contributed by atoms with Gasteiger partial charge in [-0.15, -0.1) is 0 Å². The number of rotatable bonds is 2. The minimum atomic E-state index is -0.700. The van der Waals surface area contributed by atoms with Gasteiger partial charge in [0.05, 0.1) is 10.7 Å². The minimum absolute atomic E-state index is 0.00980. The molecule has 1 aliphatic rings. The van der Waals surface area contributed by atoms with Gasteiger partial charge in [0.25, 0.3) is 5.91 Å². The number of benzene rings is 1. The van der Waals surface area contributed by atoms with Crippen molar-refractivity contribution in [1.82, 2.24) is 5.32 Å². The molecule has 7 heteroatoms. The van der Waals surface area contributed by atoms with Crippen LogP contribution in [0.4, 0.5) is 10.5 Å². The molecule has 1 aromatic rings. The second-order valence-corrected chi connectivity index (χ2v) is 4.25. The molecule has 0 radical (unpaired) electrons. The van der Waals surface area contributed by atoms with Crippen LogP contribution in [0.25, 0.3) is 0 Å². The lowest BCUT2D eigenvalue weighted by molar-refractivity contribution is -0.117. The highest BCUT2D eigenvalue weighted by atomic mass is 35.5. The van der Waals surface area contributed by atoms with E-state index < -0.39 is 12.1 Å². The van der Waals surface area contributed by atoms with Gasteiger partial charge in [-0.2, -0.15) is 0 Å². The Morgan fingerprint density at radius 2 is 2.24 bits per heavy atom. The van der Waals surface area contributed by atoms with E-state index in [2.05, 4.69) is 15.4 Å². The lowest BCUT2D eigenvalue weighted by atomic mass is 10.2. The fraction of sp³-hybridized carbons (Fsp3) is 0.200. The normalized spacial score (nSPS) is 18.5. The molecule has 0 spiro atoms. The van der Waals surface area contributed by atoms with E-state index in [4.69, 9.17) is 23.2 Å². The first-order valence-electron chi connectivity index (χ1n) is 4.75. The Hall–Kier alpha value is -1.46. The molecule has 0 bridgehead atoms. The average molecular weight is 275 g/mol. The quantitative estimate of drug-likeness (QED) is 0.867. The molecule has 1 unspecified atom stereocenters. The number of cyclic esters (lactones) is 1. The second kappa shape index (κ2) is 4.81.